The molecule has 0 spiro atoms. The summed E-state index contributed by atoms with van der Waals surface area (Å²) >= 11 is 0.814. The van der Waals surface area contributed by atoms with Crippen LogP contribution in [0.3, 0.4) is 0 Å². The van der Waals surface area contributed by atoms with Crippen LogP contribution in [0.5, 0.6) is 0 Å². The standard InChI is InChI=1S/C15H16N4O4S2/c1-17-24-15(21)18-11-6-5-9-13(10-11)25(22,23)19(14(16)20)12-7-3-2-4-8-12/h2-10,17H,1H3,(H2,16,20)(H,18,21). The molecule has 0 aliphatic carbocycles. The number of benzene rings is 2. The molecule has 4 N–H and O–H groups in total. The fourth-order valence-corrected chi connectivity index (χ4v) is 3.75. The highest BCUT2D eigenvalue weighted by Gasteiger charge is 2.29. The van der Waals surface area contributed by atoms with Crippen molar-refractivity contribution < 1.29 is 18.0 Å². The summed E-state index contributed by atoms with van der Waals surface area (Å²) in [7, 11) is -2.66. The van der Waals surface area contributed by atoms with Crippen LogP contribution in [0.25, 0.3) is 0 Å². The molecule has 0 bridgehead atoms. The topological polar surface area (TPSA) is 122 Å². The zero-order valence-corrected chi connectivity index (χ0v) is 14.8. The van der Waals surface area contributed by atoms with Gasteiger partial charge in [0.1, 0.15) is 0 Å². The highest BCUT2D eigenvalue weighted by molar-refractivity contribution is 8.12. The molecule has 0 unspecified atom stereocenters. The molecule has 0 atom stereocenters. The second-order valence-electron chi connectivity index (χ2n) is 4.69. The fraction of sp³-hybridized carbons (Fsp3) is 0.0667. The van der Waals surface area contributed by atoms with Crippen LogP contribution in [0, 0.1) is 0 Å². The number of hydrogen-bond acceptors (Lipinski definition) is 6. The highest BCUT2D eigenvalue weighted by atomic mass is 32.2. The predicted octanol–water partition coefficient (Wildman–Crippen LogP) is 2.36. The van der Waals surface area contributed by atoms with Gasteiger partial charge in [0.2, 0.25) is 0 Å². The Morgan fingerprint density at radius 1 is 1.08 bits per heavy atom. The van der Waals surface area contributed by atoms with Gasteiger partial charge in [-0.3, -0.25) is 9.52 Å². The normalized spacial score (nSPS) is 10.9. The molecule has 0 heterocycles. The average molecular weight is 380 g/mol. The number of amides is 3. The summed E-state index contributed by atoms with van der Waals surface area (Å²) in [6, 6.07) is 12.2. The number of carbonyl (C=O) groups is 2. The molecule has 2 aromatic rings. The number of primary amides is 1. The van der Waals surface area contributed by atoms with Crippen LogP contribution >= 0.6 is 11.9 Å². The van der Waals surface area contributed by atoms with Crippen molar-refractivity contribution in [3.63, 3.8) is 0 Å². The van der Waals surface area contributed by atoms with Crippen molar-refractivity contribution in [3.8, 4) is 0 Å². The maximum Gasteiger partial charge on any atom is 0.333 e. The molecule has 10 heteroatoms. The molecule has 3 amide bonds. The Morgan fingerprint density at radius 3 is 2.36 bits per heavy atom. The minimum atomic E-state index is -4.24. The van der Waals surface area contributed by atoms with Gasteiger partial charge in [-0.25, -0.2) is 13.2 Å². The third-order valence-electron chi connectivity index (χ3n) is 3.00. The van der Waals surface area contributed by atoms with E-state index in [1.54, 1.807) is 25.2 Å². The number of nitrogens with two attached hydrogens (primary N) is 1. The number of anilines is 2. The molecule has 2 aromatic carbocycles. The van der Waals surface area contributed by atoms with E-state index < -0.39 is 21.3 Å². The first-order chi connectivity index (χ1) is 11.9. The Bertz CT molecular complexity index is 872. The summed E-state index contributed by atoms with van der Waals surface area (Å²) in [6.45, 7) is 0. The van der Waals surface area contributed by atoms with Gasteiger partial charge in [0.05, 0.1) is 10.6 Å². The van der Waals surface area contributed by atoms with E-state index in [-0.39, 0.29) is 16.3 Å². The van der Waals surface area contributed by atoms with E-state index >= 15 is 0 Å². The second kappa shape index (κ2) is 8.01. The Morgan fingerprint density at radius 2 is 1.76 bits per heavy atom. The molecule has 0 aliphatic heterocycles. The molecule has 0 aliphatic rings. The number of urea groups is 1. The van der Waals surface area contributed by atoms with E-state index in [0.29, 0.717) is 4.31 Å². The molecule has 2 rings (SSSR count). The number of para-hydroxylation sites is 1. The van der Waals surface area contributed by atoms with Crippen molar-refractivity contribution in [2.75, 3.05) is 16.7 Å². The van der Waals surface area contributed by atoms with Gasteiger partial charge in [-0.15, -0.1) is 0 Å². The summed E-state index contributed by atoms with van der Waals surface area (Å²) < 4.78 is 28.8. The molecule has 0 radical (unpaired) electrons. The lowest BCUT2D eigenvalue weighted by molar-refractivity contribution is 0.257. The number of nitrogens with zero attached hydrogens (tertiary/aromatic N) is 1. The van der Waals surface area contributed by atoms with Crippen molar-refractivity contribution >= 4 is 44.6 Å². The van der Waals surface area contributed by atoms with Gasteiger partial charge in [-0.05, 0) is 37.4 Å². The van der Waals surface area contributed by atoms with Crippen molar-refractivity contribution in [3.05, 3.63) is 54.6 Å². The molecule has 25 heavy (non-hydrogen) atoms. The van der Waals surface area contributed by atoms with Crippen molar-refractivity contribution in [1.82, 2.24) is 4.72 Å². The number of carbonyl (C=O) groups excluding carboxylic acids is 2. The summed E-state index contributed by atoms with van der Waals surface area (Å²) in [6.07, 6.45) is 0. The molecule has 0 saturated carbocycles. The highest BCUT2D eigenvalue weighted by Crippen LogP contribution is 2.25. The SMILES string of the molecule is CNSC(=O)Nc1cccc(S(=O)(=O)N(C(N)=O)c2ccccc2)c1. The molecule has 132 valence electrons. The largest absolute Gasteiger partial charge is 0.350 e. The lowest BCUT2D eigenvalue weighted by Crippen LogP contribution is -2.40. The monoisotopic (exact) mass is 380 g/mol. The van der Waals surface area contributed by atoms with Crippen LogP contribution in [0.15, 0.2) is 59.5 Å². The second-order valence-corrected chi connectivity index (χ2v) is 7.46. The van der Waals surface area contributed by atoms with E-state index in [4.69, 9.17) is 5.73 Å². The molecular weight excluding hydrogens is 364 g/mol. The van der Waals surface area contributed by atoms with Crippen molar-refractivity contribution in [1.29, 1.82) is 0 Å². The van der Waals surface area contributed by atoms with E-state index in [0.717, 1.165) is 11.9 Å². The molecular formula is C15H16N4O4S2. The van der Waals surface area contributed by atoms with E-state index in [9.17, 15) is 18.0 Å². The molecule has 0 saturated heterocycles. The Kier molecular flexibility index (Phi) is 6.02. The van der Waals surface area contributed by atoms with Gasteiger partial charge in [0.15, 0.2) is 0 Å². The molecule has 0 aromatic heterocycles. The lowest BCUT2D eigenvalue weighted by atomic mass is 10.3. The quantitative estimate of drug-likeness (QED) is 0.685. The van der Waals surface area contributed by atoms with Gasteiger partial charge in [0.25, 0.3) is 15.3 Å². The van der Waals surface area contributed by atoms with Crippen molar-refractivity contribution in [2.45, 2.75) is 4.90 Å². The minimum Gasteiger partial charge on any atom is -0.350 e. The van der Waals surface area contributed by atoms with Crippen LogP contribution in [-0.2, 0) is 10.0 Å². The minimum absolute atomic E-state index is 0.121. The van der Waals surface area contributed by atoms with Crippen LogP contribution < -0.4 is 20.1 Å². The van der Waals surface area contributed by atoms with Gasteiger partial charge in [0, 0.05) is 17.6 Å². The van der Waals surface area contributed by atoms with E-state index in [1.165, 1.54) is 36.4 Å². The van der Waals surface area contributed by atoms with Crippen LogP contribution in [0.4, 0.5) is 21.0 Å². The first kappa shape index (κ1) is 18.8. The van der Waals surface area contributed by atoms with Crippen LogP contribution in [-0.4, -0.2) is 26.7 Å². The fourth-order valence-electron chi connectivity index (χ4n) is 2.02. The number of rotatable bonds is 5. The average Bonchev–Trinajstić information content (AvgIpc) is 2.55. The van der Waals surface area contributed by atoms with Gasteiger partial charge >= 0.3 is 6.03 Å². The number of nitrogens with one attached hydrogen (secondary N) is 2. The van der Waals surface area contributed by atoms with Crippen LogP contribution in [0.2, 0.25) is 0 Å². The maximum absolute atomic E-state index is 12.8. The molecule has 0 fully saturated rings. The van der Waals surface area contributed by atoms with Gasteiger partial charge in [-0.1, -0.05) is 24.3 Å². The Balaban J connectivity index is 2.41. The van der Waals surface area contributed by atoms with Gasteiger partial charge < -0.3 is 11.1 Å². The summed E-state index contributed by atoms with van der Waals surface area (Å²) in [5.74, 6) is 0. The van der Waals surface area contributed by atoms with Crippen LogP contribution in [0.1, 0.15) is 0 Å². The smallest absolute Gasteiger partial charge is 0.333 e. The first-order valence-electron chi connectivity index (χ1n) is 7.00. The number of hydrogen-bond donors (Lipinski definition) is 3. The summed E-state index contributed by atoms with van der Waals surface area (Å²) in [5, 5.41) is 2.12. The Hall–Kier alpha value is -2.56. The predicted molar refractivity (Wildman–Crippen MR) is 97.8 cm³/mol. The van der Waals surface area contributed by atoms with Crippen molar-refractivity contribution in [2.24, 2.45) is 5.73 Å². The first-order valence-corrected chi connectivity index (χ1v) is 9.26. The maximum atomic E-state index is 12.8. The zero-order valence-electron chi connectivity index (χ0n) is 13.2. The van der Waals surface area contributed by atoms with E-state index in [2.05, 4.69) is 10.0 Å². The van der Waals surface area contributed by atoms with E-state index in [1.807, 2.05) is 0 Å². The number of sulfonamides is 1. The zero-order chi connectivity index (χ0) is 18.4. The molecule has 8 nitrogen and oxygen atoms in total. The summed E-state index contributed by atoms with van der Waals surface area (Å²) in [4.78, 5) is 23.2. The lowest BCUT2D eigenvalue weighted by Gasteiger charge is -2.20. The third-order valence-corrected chi connectivity index (χ3v) is 5.22. The Labute approximate surface area is 149 Å². The third kappa shape index (κ3) is 4.50. The summed E-state index contributed by atoms with van der Waals surface area (Å²) in [5.41, 5.74) is 5.67. The van der Waals surface area contributed by atoms with Gasteiger partial charge in [-0.2, -0.15) is 4.31 Å².